The van der Waals surface area contributed by atoms with Gasteiger partial charge in [-0.3, -0.25) is 0 Å². The van der Waals surface area contributed by atoms with E-state index in [9.17, 15) is 0 Å². The van der Waals surface area contributed by atoms with Gasteiger partial charge in [0, 0.05) is 26.7 Å². The Morgan fingerprint density at radius 3 is 2.74 bits per heavy atom. The summed E-state index contributed by atoms with van der Waals surface area (Å²) in [4.78, 5) is 11.4. The van der Waals surface area contributed by atoms with Crippen LogP contribution in [0.5, 0.6) is 0 Å². The third kappa shape index (κ3) is 3.67. The summed E-state index contributed by atoms with van der Waals surface area (Å²) in [5.41, 5.74) is 0.926. The molecule has 6 nitrogen and oxygen atoms in total. The van der Waals surface area contributed by atoms with E-state index in [0.29, 0.717) is 6.61 Å². The number of morpholine rings is 1. The lowest BCUT2D eigenvalue weighted by Gasteiger charge is -2.27. The van der Waals surface area contributed by atoms with Gasteiger partial charge in [0.05, 0.1) is 29.1 Å². The number of methoxy groups -OCH3 is 1. The van der Waals surface area contributed by atoms with Gasteiger partial charge in [0.25, 0.3) is 0 Å². The average molecular weight is 378 g/mol. The van der Waals surface area contributed by atoms with Gasteiger partial charge >= 0.3 is 0 Å². The molecule has 1 fully saturated rings. The van der Waals surface area contributed by atoms with Crippen LogP contribution in [0.2, 0.25) is 0 Å². The van der Waals surface area contributed by atoms with E-state index in [2.05, 4.69) is 49.7 Å². The standard InChI is InChI=1S/C12H19IN4O2/c1-3-14-11-10(13)9(8-18-2)15-12(16-11)17-4-6-19-7-5-17/h3-8H2,1-2H3,(H,14,15,16). The van der Waals surface area contributed by atoms with E-state index in [4.69, 9.17) is 9.47 Å². The van der Waals surface area contributed by atoms with Gasteiger partial charge in [0.2, 0.25) is 5.95 Å². The summed E-state index contributed by atoms with van der Waals surface area (Å²) in [6.07, 6.45) is 0. The molecule has 1 aliphatic heterocycles. The second-order valence-corrected chi connectivity index (χ2v) is 5.27. The summed E-state index contributed by atoms with van der Waals surface area (Å²) >= 11 is 2.26. The molecule has 0 unspecified atom stereocenters. The van der Waals surface area contributed by atoms with Crippen molar-refractivity contribution in [3.05, 3.63) is 9.26 Å². The molecule has 2 rings (SSSR count). The van der Waals surface area contributed by atoms with Gasteiger partial charge in [-0.25, -0.2) is 4.98 Å². The second-order valence-electron chi connectivity index (χ2n) is 4.20. The minimum atomic E-state index is 0.497. The Morgan fingerprint density at radius 2 is 2.11 bits per heavy atom. The van der Waals surface area contributed by atoms with Crippen molar-refractivity contribution in [2.24, 2.45) is 0 Å². The van der Waals surface area contributed by atoms with Crippen molar-refractivity contribution in [3.63, 3.8) is 0 Å². The molecule has 1 aromatic rings. The predicted octanol–water partition coefficient (Wildman–Crippen LogP) is 1.50. The van der Waals surface area contributed by atoms with Crippen LogP contribution in [-0.4, -0.2) is 49.9 Å². The fourth-order valence-corrected chi connectivity index (χ4v) is 2.49. The van der Waals surface area contributed by atoms with Gasteiger partial charge < -0.3 is 19.7 Å². The summed E-state index contributed by atoms with van der Waals surface area (Å²) in [6, 6.07) is 0. The van der Waals surface area contributed by atoms with Gasteiger partial charge in [0.1, 0.15) is 5.82 Å². The molecule has 0 radical (unpaired) electrons. The normalized spacial score (nSPS) is 15.6. The van der Waals surface area contributed by atoms with Crippen molar-refractivity contribution in [3.8, 4) is 0 Å². The molecule has 1 saturated heterocycles. The largest absolute Gasteiger partial charge is 0.378 e. The molecule has 1 aliphatic rings. The van der Waals surface area contributed by atoms with Crippen LogP contribution in [0.3, 0.4) is 0 Å². The molecule has 1 aromatic heterocycles. The highest BCUT2D eigenvalue weighted by Gasteiger charge is 2.18. The Hall–Kier alpha value is -0.670. The van der Waals surface area contributed by atoms with E-state index >= 15 is 0 Å². The number of rotatable bonds is 5. The van der Waals surface area contributed by atoms with Crippen LogP contribution < -0.4 is 10.2 Å². The van der Waals surface area contributed by atoms with E-state index < -0.39 is 0 Å². The van der Waals surface area contributed by atoms with Crippen LogP contribution in [-0.2, 0) is 16.1 Å². The Kier molecular flexibility index (Phi) is 5.59. The molecule has 2 heterocycles. The minimum absolute atomic E-state index is 0.497. The van der Waals surface area contributed by atoms with E-state index in [1.54, 1.807) is 7.11 Å². The van der Waals surface area contributed by atoms with Crippen LogP contribution in [0.15, 0.2) is 0 Å². The Morgan fingerprint density at radius 1 is 1.37 bits per heavy atom. The van der Waals surface area contributed by atoms with Crippen molar-refractivity contribution < 1.29 is 9.47 Å². The lowest BCUT2D eigenvalue weighted by molar-refractivity contribution is 0.122. The molecular formula is C12H19IN4O2. The SMILES string of the molecule is CCNc1nc(N2CCOCC2)nc(COC)c1I. The van der Waals surface area contributed by atoms with E-state index in [-0.39, 0.29) is 0 Å². The first-order valence-electron chi connectivity index (χ1n) is 6.38. The number of nitrogens with one attached hydrogen (secondary N) is 1. The fraction of sp³-hybridized carbons (Fsp3) is 0.667. The highest BCUT2D eigenvalue weighted by molar-refractivity contribution is 14.1. The van der Waals surface area contributed by atoms with Crippen LogP contribution in [0.25, 0.3) is 0 Å². The number of halogens is 1. The third-order valence-electron chi connectivity index (χ3n) is 2.83. The quantitative estimate of drug-likeness (QED) is 0.784. The summed E-state index contributed by atoms with van der Waals surface area (Å²) in [6.45, 7) is 6.51. The zero-order valence-electron chi connectivity index (χ0n) is 11.3. The van der Waals surface area contributed by atoms with Gasteiger partial charge in [-0.1, -0.05) is 0 Å². The fourth-order valence-electron chi connectivity index (χ4n) is 1.90. The van der Waals surface area contributed by atoms with Gasteiger partial charge in [-0.2, -0.15) is 4.98 Å². The molecule has 0 aromatic carbocycles. The maximum atomic E-state index is 5.36. The zero-order valence-corrected chi connectivity index (χ0v) is 13.4. The molecule has 0 amide bonds. The van der Waals surface area contributed by atoms with E-state index in [1.807, 2.05) is 0 Å². The number of hydrogen-bond acceptors (Lipinski definition) is 6. The second kappa shape index (κ2) is 7.20. The number of nitrogens with zero attached hydrogens (tertiary/aromatic N) is 3. The lowest BCUT2D eigenvalue weighted by Crippen LogP contribution is -2.37. The van der Waals surface area contributed by atoms with Crippen LogP contribution in [0, 0.1) is 3.57 Å². The molecular weight excluding hydrogens is 359 g/mol. The first-order chi connectivity index (χ1) is 9.26. The van der Waals surface area contributed by atoms with Gasteiger partial charge in [0.15, 0.2) is 0 Å². The highest BCUT2D eigenvalue weighted by atomic mass is 127. The smallest absolute Gasteiger partial charge is 0.227 e. The van der Waals surface area contributed by atoms with Crippen molar-refractivity contribution >= 4 is 34.4 Å². The molecule has 0 saturated carbocycles. The number of ether oxygens (including phenoxy) is 2. The lowest BCUT2D eigenvalue weighted by atomic mass is 10.4. The first-order valence-corrected chi connectivity index (χ1v) is 7.46. The summed E-state index contributed by atoms with van der Waals surface area (Å²) < 4.78 is 11.6. The van der Waals surface area contributed by atoms with Crippen LogP contribution in [0.1, 0.15) is 12.6 Å². The Bertz CT molecular complexity index is 397. The zero-order chi connectivity index (χ0) is 13.7. The molecule has 1 N–H and O–H groups in total. The predicted molar refractivity (Wildman–Crippen MR) is 82.7 cm³/mol. The van der Waals surface area contributed by atoms with Crippen molar-refractivity contribution in [1.82, 2.24) is 9.97 Å². The summed E-state index contributed by atoms with van der Waals surface area (Å²) in [7, 11) is 1.68. The molecule has 0 atom stereocenters. The number of anilines is 2. The number of hydrogen-bond donors (Lipinski definition) is 1. The van der Waals surface area contributed by atoms with Crippen molar-refractivity contribution in [1.29, 1.82) is 0 Å². The Labute approximate surface area is 127 Å². The minimum Gasteiger partial charge on any atom is -0.378 e. The van der Waals surface area contributed by atoms with Crippen molar-refractivity contribution in [2.75, 3.05) is 50.2 Å². The Balaban J connectivity index is 2.30. The molecule has 106 valence electrons. The first kappa shape index (κ1) is 14.7. The topological polar surface area (TPSA) is 59.5 Å². The third-order valence-corrected chi connectivity index (χ3v) is 3.96. The van der Waals surface area contributed by atoms with E-state index in [1.165, 1.54) is 0 Å². The molecule has 7 heteroatoms. The maximum Gasteiger partial charge on any atom is 0.227 e. The summed E-state index contributed by atoms with van der Waals surface area (Å²) in [5, 5.41) is 3.28. The van der Waals surface area contributed by atoms with Crippen LogP contribution in [0.4, 0.5) is 11.8 Å². The summed E-state index contributed by atoms with van der Waals surface area (Å²) in [5.74, 6) is 1.64. The maximum absolute atomic E-state index is 5.36. The molecule has 0 aliphatic carbocycles. The van der Waals surface area contributed by atoms with Gasteiger partial charge in [-0.05, 0) is 29.5 Å². The number of aromatic nitrogens is 2. The monoisotopic (exact) mass is 378 g/mol. The average Bonchev–Trinajstić information content (AvgIpc) is 2.44. The van der Waals surface area contributed by atoms with Crippen LogP contribution >= 0.6 is 22.6 Å². The molecule has 0 spiro atoms. The van der Waals surface area contributed by atoms with Gasteiger partial charge in [-0.15, -0.1) is 0 Å². The van der Waals surface area contributed by atoms with E-state index in [0.717, 1.165) is 53.9 Å². The highest BCUT2D eigenvalue weighted by Crippen LogP contribution is 2.23. The van der Waals surface area contributed by atoms with Crippen molar-refractivity contribution in [2.45, 2.75) is 13.5 Å². The molecule has 0 bridgehead atoms. The molecule has 19 heavy (non-hydrogen) atoms.